The van der Waals surface area contributed by atoms with Crippen molar-refractivity contribution < 1.29 is 13.9 Å². The highest BCUT2D eigenvalue weighted by atomic mass is 16.5. The average Bonchev–Trinajstić information content (AvgIpc) is 3.33. The molecule has 0 spiro atoms. The van der Waals surface area contributed by atoms with Crippen LogP contribution in [0.2, 0.25) is 0 Å². The summed E-state index contributed by atoms with van der Waals surface area (Å²) in [5.41, 5.74) is 5.04. The molecule has 0 bridgehead atoms. The maximum Gasteiger partial charge on any atom is 0.274 e. The van der Waals surface area contributed by atoms with E-state index in [9.17, 15) is 4.79 Å². The van der Waals surface area contributed by atoms with E-state index in [1.165, 1.54) is 5.56 Å². The van der Waals surface area contributed by atoms with Gasteiger partial charge in [0.1, 0.15) is 5.75 Å². The Balaban J connectivity index is 1.69. The van der Waals surface area contributed by atoms with E-state index in [2.05, 4.69) is 43.2 Å². The molecule has 4 aromatic rings. The Hall–Kier alpha value is -4.06. The van der Waals surface area contributed by atoms with Gasteiger partial charge in [0.05, 0.1) is 7.11 Å². The molecular formula is C30H33N3O3. The second kappa shape index (κ2) is 10.3. The largest absolute Gasteiger partial charge is 0.496 e. The summed E-state index contributed by atoms with van der Waals surface area (Å²) in [6, 6.07) is 23.6. The molecule has 0 saturated heterocycles. The monoisotopic (exact) mass is 483 g/mol. The number of benzene rings is 3. The number of anilines is 1. The van der Waals surface area contributed by atoms with Gasteiger partial charge in [0, 0.05) is 43.0 Å². The van der Waals surface area contributed by atoms with Gasteiger partial charge in [0.2, 0.25) is 5.89 Å². The van der Waals surface area contributed by atoms with E-state index < -0.39 is 0 Å². The molecule has 1 N–H and O–H groups in total. The minimum Gasteiger partial charge on any atom is -0.496 e. The van der Waals surface area contributed by atoms with Crippen molar-refractivity contribution in [3.05, 3.63) is 89.6 Å². The molecule has 3 aromatic carbocycles. The number of carbonyl (C=O) groups excluding carboxylic acids is 1. The minimum absolute atomic E-state index is 0.0397. The predicted molar refractivity (Wildman–Crippen MR) is 145 cm³/mol. The number of ether oxygens (including phenoxy) is 1. The lowest BCUT2D eigenvalue weighted by molar-refractivity contribution is 0.0946. The number of hydrogen-bond acceptors (Lipinski definition) is 5. The van der Waals surface area contributed by atoms with Crippen LogP contribution in [0.15, 0.2) is 77.2 Å². The van der Waals surface area contributed by atoms with E-state index in [4.69, 9.17) is 9.15 Å². The normalized spacial score (nSPS) is 11.3. The number of nitrogens with one attached hydrogen (secondary N) is 1. The number of aromatic nitrogens is 1. The first-order chi connectivity index (χ1) is 17.2. The van der Waals surface area contributed by atoms with Gasteiger partial charge in [0.15, 0.2) is 11.5 Å². The molecule has 6 nitrogen and oxygen atoms in total. The first-order valence-corrected chi connectivity index (χ1v) is 12.0. The van der Waals surface area contributed by atoms with Crippen molar-refractivity contribution in [3.63, 3.8) is 0 Å². The summed E-state index contributed by atoms with van der Waals surface area (Å²) >= 11 is 0. The van der Waals surface area contributed by atoms with E-state index in [0.29, 0.717) is 18.2 Å². The molecule has 4 rings (SSSR count). The Labute approximate surface area is 212 Å². The van der Waals surface area contributed by atoms with Crippen LogP contribution in [-0.2, 0) is 12.0 Å². The third-order valence-electron chi connectivity index (χ3n) is 6.12. The standard InChI is InChI=1S/C30H33N3O3/c1-30(2,3)23-15-11-21(12-16-23)29-32-26(27(36-29)20-13-17-24(18-14-20)33(4)5)28(34)31-19-22-9-7-8-10-25(22)35-6/h7-18H,19H2,1-6H3,(H,31,34). The summed E-state index contributed by atoms with van der Waals surface area (Å²) in [5.74, 6) is 1.25. The van der Waals surface area contributed by atoms with Crippen molar-refractivity contribution in [3.8, 4) is 28.5 Å². The first-order valence-electron chi connectivity index (χ1n) is 12.0. The van der Waals surface area contributed by atoms with Crippen LogP contribution in [0.3, 0.4) is 0 Å². The van der Waals surface area contributed by atoms with Gasteiger partial charge in [-0.2, -0.15) is 0 Å². The van der Waals surface area contributed by atoms with Crippen molar-refractivity contribution >= 4 is 11.6 Å². The fraction of sp³-hybridized carbons (Fsp3) is 0.267. The molecule has 0 aliphatic heterocycles. The number of methoxy groups -OCH3 is 1. The lowest BCUT2D eigenvalue weighted by Gasteiger charge is -2.18. The predicted octanol–water partition coefficient (Wildman–Crippen LogP) is 6.31. The summed E-state index contributed by atoms with van der Waals surface area (Å²) in [5, 5.41) is 2.97. The van der Waals surface area contributed by atoms with Crippen molar-refractivity contribution in [2.24, 2.45) is 0 Å². The highest BCUT2D eigenvalue weighted by Gasteiger charge is 2.23. The van der Waals surface area contributed by atoms with Gasteiger partial charge in [0.25, 0.3) is 5.91 Å². The van der Waals surface area contributed by atoms with Gasteiger partial charge in [-0.1, -0.05) is 51.1 Å². The Bertz CT molecular complexity index is 1330. The highest BCUT2D eigenvalue weighted by Crippen LogP contribution is 2.32. The Kier molecular flexibility index (Phi) is 7.15. The molecule has 1 amide bonds. The van der Waals surface area contributed by atoms with Gasteiger partial charge in [-0.25, -0.2) is 4.98 Å². The van der Waals surface area contributed by atoms with E-state index in [1.807, 2.05) is 79.7 Å². The lowest BCUT2D eigenvalue weighted by atomic mass is 9.87. The second-order valence-electron chi connectivity index (χ2n) is 9.96. The van der Waals surface area contributed by atoms with Gasteiger partial charge in [-0.3, -0.25) is 4.79 Å². The zero-order valence-corrected chi connectivity index (χ0v) is 21.8. The summed E-state index contributed by atoms with van der Waals surface area (Å²) < 4.78 is 11.6. The average molecular weight is 484 g/mol. The van der Waals surface area contributed by atoms with Crippen molar-refractivity contribution in [2.75, 3.05) is 26.1 Å². The number of nitrogens with zero attached hydrogens (tertiary/aromatic N) is 2. The molecule has 0 fully saturated rings. The first kappa shape index (κ1) is 25.0. The molecular weight excluding hydrogens is 450 g/mol. The van der Waals surface area contributed by atoms with Crippen LogP contribution in [0.1, 0.15) is 42.4 Å². The van der Waals surface area contributed by atoms with Crippen LogP contribution in [0.25, 0.3) is 22.8 Å². The number of hydrogen-bond donors (Lipinski definition) is 1. The number of carbonyl (C=O) groups is 1. The summed E-state index contributed by atoms with van der Waals surface area (Å²) in [6.07, 6.45) is 0. The van der Waals surface area contributed by atoms with Crippen molar-refractivity contribution in [1.82, 2.24) is 10.3 Å². The van der Waals surface area contributed by atoms with Gasteiger partial charge < -0.3 is 19.4 Å². The third-order valence-corrected chi connectivity index (χ3v) is 6.12. The molecule has 0 radical (unpaired) electrons. The summed E-state index contributed by atoms with van der Waals surface area (Å²) in [6.45, 7) is 6.83. The zero-order valence-electron chi connectivity index (χ0n) is 21.8. The number of rotatable bonds is 7. The molecule has 186 valence electrons. The summed E-state index contributed by atoms with van der Waals surface area (Å²) in [7, 11) is 5.59. The van der Waals surface area contributed by atoms with Crippen LogP contribution in [0, 0.1) is 0 Å². The highest BCUT2D eigenvalue weighted by molar-refractivity contribution is 5.98. The Morgan fingerprint density at radius 3 is 2.19 bits per heavy atom. The quantitative estimate of drug-likeness (QED) is 0.334. The fourth-order valence-corrected chi connectivity index (χ4v) is 3.93. The van der Waals surface area contributed by atoms with E-state index >= 15 is 0 Å². The van der Waals surface area contributed by atoms with Gasteiger partial charge in [-0.05, 0) is 53.4 Å². The molecule has 0 unspecified atom stereocenters. The van der Waals surface area contributed by atoms with Crippen LogP contribution in [0.5, 0.6) is 5.75 Å². The Morgan fingerprint density at radius 1 is 0.944 bits per heavy atom. The van der Waals surface area contributed by atoms with E-state index in [1.54, 1.807) is 7.11 Å². The molecule has 0 aliphatic carbocycles. The maximum atomic E-state index is 13.3. The maximum absolute atomic E-state index is 13.3. The lowest BCUT2D eigenvalue weighted by Crippen LogP contribution is -2.24. The fourth-order valence-electron chi connectivity index (χ4n) is 3.93. The molecule has 0 atom stereocenters. The molecule has 36 heavy (non-hydrogen) atoms. The second-order valence-corrected chi connectivity index (χ2v) is 9.96. The smallest absolute Gasteiger partial charge is 0.274 e. The SMILES string of the molecule is COc1ccccc1CNC(=O)c1nc(-c2ccc(C(C)(C)C)cc2)oc1-c1ccc(N(C)C)cc1. The minimum atomic E-state index is -0.311. The van der Waals surface area contributed by atoms with Gasteiger partial charge in [-0.15, -0.1) is 0 Å². The molecule has 6 heteroatoms. The van der Waals surface area contributed by atoms with E-state index in [0.717, 1.165) is 28.1 Å². The van der Waals surface area contributed by atoms with Crippen LogP contribution < -0.4 is 15.0 Å². The Morgan fingerprint density at radius 2 is 1.58 bits per heavy atom. The topological polar surface area (TPSA) is 67.6 Å². The molecule has 1 heterocycles. The van der Waals surface area contributed by atoms with Crippen molar-refractivity contribution in [2.45, 2.75) is 32.7 Å². The number of para-hydroxylation sites is 1. The molecule has 0 aliphatic rings. The van der Waals surface area contributed by atoms with Crippen LogP contribution in [-0.4, -0.2) is 32.1 Å². The van der Waals surface area contributed by atoms with Crippen LogP contribution >= 0.6 is 0 Å². The van der Waals surface area contributed by atoms with Gasteiger partial charge >= 0.3 is 0 Å². The van der Waals surface area contributed by atoms with Crippen LogP contribution in [0.4, 0.5) is 5.69 Å². The number of oxazole rings is 1. The van der Waals surface area contributed by atoms with Crippen molar-refractivity contribution in [1.29, 1.82) is 0 Å². The number of amides is 1. The van der Waals surface area contributed by atoms with E-state index in [-0.39, 0.29) is 17.0 Å². The third kappa shape index (κ3) is 5.43. The summed E-state index contributed by atoms with van der Waals surface area (Å²) in [4.78, 5) is 20.0. The zero-order chi connectivity index (χ0) is 25.9. The molecule has 0 saturated carbocycles. The molecule has 1 aromatic heterocycles.